The molecule has 6 amide bonds. The van der Waals surface area contributed by atoms with Crippen LogP contribution >= 0.6 is 11.6 Å². The van der Waals surface area contributed by atoms with Gasteiger partial charge in [-0.1, -0.05) is 108 Å². The standard InChI is InChI=1S/C76H115ClN6O23S/c1-12-14-18-62(104-74(93)64(45-51(3)4)105-75(94)76(8,9)49-80-73(92)59(81-50-84)47-55-22-26-63(99-11)58(77)46-55)53(7)71-72(106-71)56-23-19-54(20-24-56)21-25-60(85)57(17-15-16-32-78-66(88)31-37-100-40-41-102-43-42-101-39-38-98-10)48-61(86)70(52(5)6)82-67(89)29-34-83(35-30-69(91)103-36-13-2)68(90)28-27-65(87)79-33-44-107(95,96)97/h12-14,19-20,22-24,26,46,50-53,57,59,62,64,70-72H,2,15-18,21,25,27-45,47-49H2,1,3-11H3,(H,78,88)(H,79,87)(H,80,92)(H,81,84)(H,82,89)(H,95,96,97)/b14-12+/t53-,57+,59?,62-,64-,70-,71+,72+/m0/s1. The number of nitrogens with one attached hydrogen (secondary N) is 5. The average Bonchev–Trinajstić information content (AvgIpc) is 1.63. The highest BCUT2D eigenvalue weighted by Crippen LogP contribution is 2.45. The molecule has 29 nitrogen and oxygen atoms in total. The minimum Gasteiger partial charge on any atom is -0.495 e. The molecule has 1 aliphatic heterocycles. The zero-order valence-corrected chi connectivity index (χ0v) is 65.4. The van der Waals surface area contributed by atoms with Crippen LogP contribution in [0.25, 0.3) is 0 Å². The number of hydrogen-bond donors (Lipinski definition) is 6. The van der Waals surface area contributed by atoms with E-state index in [9.17, 15) is 61.2 Å². The van der Waals surface area contributed by atoms with Crippen molar-refractivity contribution in [2.45, 2.75) is 182 Å². The van der Waals surface area contributed by atoms with Crippen molar-refractivity contribution in [3.8, 4) is 5.75 Å². The van der Waals surface area contributed by atoms with E-state index in [4.69, 9.17) is 58.8 Å². The molecular formula is C76H115ClN6O23S. The van der Waals surface area contributed by atoms with E-state index >= 15 is 0 Å². The van der Waals surface area contributed by atoms with Crippen LogP contribution in [0, 0.1) is 29.1 Å². The quantitative estimate of drug-likeness (QED) is 0.00785. The second-order valence-corrected chi connectivity index (χ2v) is 29.6. The van der Waals surface area contributed by atoms with Crippen LogP contribution in [0.3, 0.4) is 0 Å². The van der Waals surface area contributed by atoms with Gasteiger partial charge in [0.1, 0.15) is 36.4 Å². The van der Waals surface area contributed by atoms with Gasteiger partial charge in [0.25, 0.3) is 10.1 Å². The molecule has 0 aromatic heterocycles. The van der Waals surface area contributed by atoms with Crippen molar-refractivity contribution in [3.63, 3.8) is 0 Å². The Labute approximate surface area is 635 Å². The van der Waals surface area contributed by atoms with Crippen LogP contribution in [0.5, 0.6) is 5.75 Å². The number of methoxy groups -OCH3 is 2. The number of unbranched alkanes of at least 4 members (excludes halogenated alkanes) is 1. The molecule has 0 bridgehead atoms. The van der Waals surface area contributed by atoms with Gasteiger partial charge in [0.2, 0.25) is 35.9 Å². The van der Waals surface area contributed by atoms with E-state index in [0.717, 1.165) is 11.1 Å². The summed E-state index contributed by atoms with van der Waals surface area (Å²) in [5, 5.41) is 13.6. The Kier molecular flexibility index (Phi) is 44.4. The number of rotatable bonds is 59. The molecule has 0 spiro atoms. The number of epoxide rings is 1. The van der Waals surface area contributed by atoms with E-state index in [2.05, 4.69) is 33.2 Å². The van der Waals surface area contributed by atoms with Crippen molar-refractivity contribution in [1.29, 1.82) is 0 Å². The van der Waals surface area contributed by atoms with Crippen LogP contribution < -0.4 is 31.3 Å². The molecule has 600 valence electrons. The maximum absolute atomic E-state index is 14.4. The summed E-state index contributed by atoms with van der Waals surface area (Å²) >= 11 is 6.30. The Bertz CT molecular complexity index is 3300. The van der Waals surface area contributed by atoms with E-state index < -0.39 is 111 Å². The number of ether oxygens (including phenoxy) is 9. The molecule has 3 rings (SSSR count). The Balaban J connectivity index is 1.72. The summed E-state index contributed by atoms with van der Waals surface area (Å²) in [6.07, 6.45) is 3.61. The van der Waals surface area contributed by atoms with Gasteiger partial charge in [0.15, 0.2) is 11.9 Å². The fourth-order valence-electron chi connectivity index (χ4n) is 11.1. The maximum Gasteiger partial charge on any atom is 0.347 e. The highest BCUT2D eigenvalue weighted by Gasteiger charge is 2.48. The van der Waals surface area contributed by atoms with Crippen molar-refractivity contribution in [3.05, 3.63) is 89.0 Å². The topological polar surface area (TPSA) is 392 Å². The molecule has 8 atom stereocenters. The summed E-state index contributed by atoms with van der Waals surface area (Å²) in [5.74, 6) is -7.32. The number of allylic oxidation sites excluding steroid dienone is 1. The molecule has 0 radical (unpaired) electrons. The number of carbonyl (C=O) groups excluding carboxylic acids is 11. The molecule has 6 N–H and O–H groups in total. The van der Waals surface area contributed by atoms with E-state index in [0.29, 0.717) is 101 Å². The lowest BCUT2D eigenvalue weighted by Crippen LogP contribution is -2.49. The molecule has 0 aliphatic carbocycles. The third-order valence-corrected chi connectivity index (χ3v) is 18.5. The molecule has 107 heavy (non-hydrogen) atoms. The largest absolute Gasteiger partial charge is 0.495 e. The Morgan fingerprint density at radius 1 is 0.757 bits per heavy atom. The summed E-state index contributed by atoms with van der Waals surface area (Å²) < 4.78 is 81.1. The van der Waals surface area contributed by atoms with Crippen molar-refractivity contribution in [2.24, 2.45) is 29.1 Å². The number of hydrogen-bond acceptors (Lipinski definition) is 22. The number of nitrogens with zero attached hydrogens (tertiary/aromatic N) is 1. The van der Waals surface area contributed by atoms with Gasteiger partial charge in [-0.15, -0.1) is 0 Å². The lowest BCUT2D eigenvalue weighted by Gasteiger charge is -2.29. The van der Waals surface area contributed by atoms with E-state index in [1.54, 1.807) is 53.0 Å². The van der Waals surface area contributed by atoms with Gasteiger partial charge in [0, 0.05) is 103 Å². The first-order valence-electron chi connectivity index (χ1n) is 36.5. The second-order valence-electron chi connectivity index (χ2n) is 27.6. The number of esters is 3. The molecule has 1 saturated heterocycles. The Morgan fingerprint density at radius 3 is 2.02 bits per heavy atom. The number of aryl methyl sites for hydroxylation is 1. The number of benzene rings is 2. The number of amides is 6. The molecule has 1 fully saturated rings. The first-order valence-corrected chi connectivity index (χ1v) is 38.5. The third kappa shape index (κ3) is 38.3. The highest BCUT2D eigenvalue weighted by molar-refractivity contribution is 7.85. The van der Waals surface area contributed by atoms with Crippen LogP contribution in [0.1, 0.15) is 155 Å². The normalized spacial score (nSPS) is 15.2. The SMILES string of the molecule is C=CCOC(=O)CCN(CCC(=O)N[C@H](C(=O)C[C@@H](CCCCNC(=O)CCOCCOCCOCCOC)C(=O)CCc1ccc([C@H]2O[C@@H]2[C@@H](C)[C@H](C/C=C/C)OC(=O)[C@H](CC(C)C)OC(=O)C(C)(C)CNC(=O)C(Cc2ccc(OC)c(Cl)c2)NC=O)cc1)C(C)C)C(=O)CCC(=O)NCCS(=O)(=O)O. The lowest BCUT2D eigenvalue weighted by molar-refractivity contribution is -0.179. The minimum atomic E-state index is -4.35. The maximum atomic E-state index is 14.4. The van der Waals surface area contributed by atoms with E-state index in [1.165, 1.54) is 18.1 Å². The third-order valence-electron chi connectivity index (χ3n) is 17.5. The summed E-state index contributed by atoms with van der Waals surface area (Å²) in [5.41, 5.74) is 1.000. The van der Waals surface area contributed by atoms with Crippen LogP contribution in [0.15, 0.2) is 67.3 Å². The van der Waals surface area contributed by atoms with Gasteiger partial charge in [0.05, 0.1) is 88.1 Å². The Morgan fingerprint density at radius 2 is 1.40 bits per heavy atom. The zero-order chi connectivity index (χ0) is 79.5. The molecule has 1 heterocycles. The molecule has 31 heteroatoms. The first-order chi connectivity index (χ1) is 50.9. The first kappa shape index (κ1) is 93.5. The number of carbonyl (C=O) groups is 11. The minimum absolute atomic E-state index is 0.0684. The molecule has 2 aromatic rings. The fourth-order valence-corrected chi connectivity index (χ4v) is 11.8. The van der Waals surface area contributed by atoms with Gasteiger partial charge in [-0.2, -0.15) is 8.42 Å². The van der Waals surface area contributed by atoms with Gasteiger partial charge < -0.3 is 74.1 Å². The molecule has 2 aromatic carbocycles. The van der Waals surface area contributed by atoms with Crippen LogP contribution in [-0.2, 0) is 114 Å². The molecule has 0 saturated carbocycles. The molecular weight excluding hydrogens is 1430 g/mol. The van der Waals surface area contributed by atoms with Gasteiger partial charge >= 0.3 is 17.9 Å². The second kappa shape index (κ2) is 50.8. The number of Topliss-reactive ketones (excluding diaryl/α,β-unsaturated/α-hetero) is 2. The molecule has 1 unspecified atom stereocenters. The number of ketones is 2. The average molecular weight is 1550 g/mol. The monoisotopic (exact) mass is 1550 g/mol. The van der Waals surface area contributed by atoms with E-state index in [1.807, 2.05) is 64.1 Å². The Hall–Kier alpha value is -7.71. The van der Waals surface area contributed by atoms with Gasteiger partial charge in [-0.05, 0) is 87.1 Å². The lowest BCUT2D eigenvalue weighted by atomic mass is 9.85. The van der Waals surface area contributed by atoms with Crippen molar-refractivity contribution in [2.75, 3.05) is 106 Å². The van der Waals surface area contributed by atoms with Crippen molar-refractivity contribution < 1.29 is 108 Å². The van der Waals surface area contributed by atoms with Crippen LogP contribution in [-0.4, -0.2) is 219 Å². The summed E-state index contributed by atoms with van der Waals surface area (Å²) in [7, 11) is -1.28. The number of halogens is 1. The summed E-state index contributed by atoms with van der Waals surface area (Å²) in [6, 6.07) is 10.5. The van der Waals surface area contributed by atoms with Crippen molar-refractivity contribution in [1.82, 2.24) is 31.5 Å². The highest BCUT2D eigenvalue weighted by atomic mass is 35.5. The zero-order valence-electron chi connectivity index (χ0n) is 63.8. The fraction of sp³-hybridized carbons (Fsp3) is 0.645. The van der Waals surface area contributed by atoms with Gasteiger partial charge in [-0.25, -0.2) is 4.79 Å². The smallest absolute Gasteiger partial charge is 0.347 e. The predicted molar refractivity (Wildman–Crippen MR) is 398 cm³/mol. The van der Waals surface area contributed by atoms with E-state index in [-0.39, 0.29) is 126 Å². The van der Waals surface area contributed by atoms with Crippen molar-refractivity contribution >= 4 is 87.1 Å². The summed E-state index contributed by atoms with van der Waals surface area (Å²) in [4.78, 5) is 148. The molecule has 1 aliphatic rings. The predicted octanol–water partition coefficient (Wildman–Crippen LogP) is 6.47. The van der Waals surface area contributed by atoms with Crippen LogP contribution in [0.2, 0.25) is 5.02 Å². The van der Waals surface area contributed by atoms with Crippen LogP contribution in [0.4, 0.5) is 0 Å². The van der Waals surface area contributed by atoms with Gasteiger partial charge in [-0.3, -0.25) is 52.5 Å². The summed E-state index contributed by atoms with van der Waals surface area (Å²) in [6.45, 7) is 19.5.